The van der Waals surface area contributed by atoms with Crippen LogP contribution in [0.3, 0.4) is 0 Å². The minimum Gasteiger partial charge on any atom is -0.326 e. The van der Waals surface area contributed by atoms with Crippen molar-refractivity contribution in [3.05, 3.63) is 57.5 Å². The molecule has 3 amide bonds. The molecule has 3 N–H and O–H groups in total. The van der Waals surface area contributed by atoms with Crippen molar-refractivity contribution in [3.8, 4) is 0 Å². The highest BCUT2D eigenvalue weighted by Gasteiger charge is 2.15. The molecular formula is C19H15BrClN5O3S2. The number of aromatic nitrogens is 2. The van der Waals surface area contributed by atoms with Crippen LogP contribution in [0, 0.1) is 0 Å². The van der Waals surface area contributed by atoms with Crippen LogP contribution in [0.5, 0.6) is 0 Å². The minimum absolute atomic E-state index is 0.119. The van der Waals surface area contributed by atoms with E-state index in [1.54, 1.807) is 42.5 Å². The van der Waals surface area contributed by atoms with Crippen LogP contribution < -0.4 is 16.0 Å². The molecule has 0 fully saturated rings. The fourth-order valence-electron chi connectivity index (χ4n) is 2.32. The molecule has 160 valence electrons. The lowest BCUT2D eigenvalue weighted by molar-refractivity contribution is -0.114. The monoisotopic (exact) mass is 539 g/mol. The molecule has 0 radical (unpaired) electrons. The molecule has 0 aliphatic rings. The molecule has 0 atom stereocenters. The van der Waals surface area contributed by atoms with E-state index in [1.807, 2.05) is 0 Å². The Morgan fingerprint density at radius 1 is 1.03 bits per heavy atom. The number of rotatable bonds is 7. The topological polar surface area (TPSA) is 113 Å². The molecule has 31 heavy (non-hydrogen) atoms. The zero-order valence-corrected chi connectivity index (χ0v) is 19.9. The number of carbonyl (C=O) groups is 3. The van der Waals surface area contributed by atoms with Crippen LogP contribution in [0.1, 0.15) is 17.3 Å². The molecule has 12 heteroatoms. The Bertz CT molecular complexity index is 1120. The highest BCUT2D eigenvalue weighted by molar-refractivity contribution is 9.10. The van der Waals surface area contributed by atoms with Crippen molar-refractivity contribution in [2.75, 3.05) is 21.7 Å². The van der Waals surface area contributed by atoms with Gasteiger partial charge in [0.05, 0.1) is 16.3 Å². The quantitative estimate of drug-likeness (QED) is 0.290. The third kappa shape index (κ3) is 7.03. The number of amides is 3. The first kappa shape index (κ1) is 23.2. The summed E-state index contributed by atoms with van der Waals surface area (Å²) >= 11 is 11.7. The molecule has 3 rings (SSSR count). The fraction of sp³-hybridized carbons (Fsp3) is 0.105. The lowest BCUT2D eigenvalue weighted by Gasteiger charge is -2.06. The van der Waals surface area contributed by atoms with Crippen LogP contribution >= 0.6 is 50.6 Å². The lowest BCUT2D eigenvalue weighted by Crippen LogP contribution is -2.14. The number of nitrogens with one attached hydrogen (secondary N) is 3. The van der Waals surface area contributed by atoms with E-state index >= 15 is 0 Å². The largest absolute Gasteiger partial charge is 0.326 e. The second-order valence-corrected chi connectivity index (χ2v) is 9.57. The number of thioether (sulfide) groups is 1. The maximum atomic E-state index is 12.4. The number of anilines is 3. The van der Waals surface area contributed by atoms with Crippen molar-refractivity contribution in [2.24, 2.45) is 0 Å². The normalized spacial score (nSPS) is 10.4. The van der Waals surface area contributed by atoms with Gasteiger partial charge < -0.3 is 10.6 Å². The number of benzene rings is 2. The summed E-state index contributed by atoms with van der Waals surface area (Å²) in [6, 6.07) is 11.7. The lowest BCUT2D eigenvalue weighted by atomic mass is 10.2. The number of nitrogens with zero attached hydrogens (tertiary/aromatic N) is 2. The van der Waals surface area contributed by atoms with Gasteiger partial charge in [-0.05, 0) is 42.5 Å². The Kier molecular flexibility index (Phi) is 8.02. The Balaban J connectivity index is 1.50. The van der Waals surface area contributed by atoms with E-state index in [-0.39, 0.29) is 17.6 Å². The van der Waals surface area contributed by atoms with Gasteiger partial charge in [-0.1, -0.05) is 50.6 Å². The Morgan fingerprint density at radius 2 is 1.71 bits per heavy atom. The minimum atomic E-state index is -0.403. The number of halogens is 2. The summed E-state index contributed by atoms with van der Waals surface area (Å²) in [6.45, 7) is 1.42. The van der Waals surface area contributed by atoms with E-state index in [0.717, 1.165) is 15.8 Å². The fourth-order valence-corrected chi connectivity index (χ4v) is 4.43. The first-order chi connectivity index (χ1) is 14.8. The van der Waals surface area contributed by atoms with Gasteiger partial charge in [0.1, 0.15) is 0 Å². The second-order valence-electron chi connectivity index (χ2n) is 6.05. The van der Waals surface area contributed by atoms with Crippen LogP contribution in [0.25, 0.3) is 0 Å². The van der Waals surface area contributed by atoms with Crippen LogP contribution in [0.4, 0.5) is 16.5 Å². The highest BCUT2D eigenvalue weighted by Crippen LogP contribution is 2.27. The Morgan fingerprint density at radius 3 is 2.39 bits per heavy atom. The highest BCUT2D eigenvalue weighted by atomic mass is 79.9. The predicted molar refractivity (Wildman–Crippen MR) is 127 cm³/mol. The summed E-state index contributed by atoms with van der Waals surface area (Å²) in [5.74, 6) is -0.674. The van der Waals surface area contributed by atoms with Crippen LogP contribution in [-0.4, -0.2) is 33.7 Å². The molecule has 0 saturated heterocycles. The third-order valence-corrected chi connectivity index (χ3v) is 6.41. The molecule has 0 bridgehead atoms. The van der Waals surface area contributed by atoms with E-state index in [9.17, 15) is 14.4 Å². The molecular weight excluding hydrogens is 526 g/mol. The van der Waals surface area contributed by atoms with Gasteiger partial charge in [-0.2, -0.15) is 0 Å². The molecule has 1 aromatic heterocycles. The van der Waals surface area contributed by atoms with Gasteiger partial charge in [0, 0.05) is 22.8 Å². The summed E-state index contributed by atoms with van der Waals surface area (Å²) in [6.07, 6.45) is 0. The molecule has 3 aromatic rings. The molecule has 0 spiro atoms. The summed E-state index contributed by atoms with van der Waals surface area (Å²) in [4.78, 5) is 35.6. The van der Waals surface area contributed by atoms with Gasteiger partial charge in [-0.25, -0.2) is 0 Å². The van der Waals surface area contributed by atoms with Gasteiger partial charge in [-0.3, -0.25) is 19.7 Å². The summed E-state index contributed by atoms with van der Waals surface area (Å²) < 4.78 is 1.26. The molecule has 2 aromatic carbocycles. The molecule has 8 nitrogen and oxygen atoms in total. The van der Waals surface area contributed by atoms with Gasteiger partial charge in [-0.15, -0.1) is 10.2 Å². The zero-order valence-electron chi connectivity index (χ0n) is 15.9. The summed E-state index contributed by atoms with van der Waals surface area (Å²) in [5.41, 5.74) is 1.56. The van der Waals surface area contributed by atoms with Gasteiger partial charge in [0.25, 0.3) is 5.91 Å². The number of hydrogen-bond acceptors (Lipinski definition) is 7. The van der Waals surface area contributed by atoms with Gasteiger partial charge in [0.15, 0.2) is 4.34 Å². The van der Waals surface area contributed by atoms with Crippen molar-refractivity contribution >= 4 is 84.9 Å². The van der Waals surface area contributed by atoms with Crippen molar-refractivity contribution in [3.63, 3.8) is 0 Å². The Hall–Kier alpha value is -2.47. The van der Waals surface area contributed by atoms with Crippen molar-refractivity contribution < 1.29 is 14.4 Å². The first-order valence-electron chi connectivity index (χ1n) is 8.70. The van der Waals surface area contributed by atoms with Crippen LogP contribution in [0.15, 0.2) is 51.3 Å². The van der Waals surface area contributed by atoms with Crippen LogP contribution in [0.2, 0.25) is 5.02 Å². The van der Waals surface area contributed by atoms with Crippen LogP contribution in [-0.2, 0) is 9.59 Å². The summed E-state index contributed by atoms with van der Waals surface area (Å²) in [7, 11) is 0. The molecule has 0 aliphatic heterocycles. The maximum absolute atomic E-state index is 12.4. The van der Waals surface area contributed by atoms with E-state index < -0.39 is 5.91 Å². The number of hydrogen-bond donors (Lipinski definition) is 3. The van der Waals surface area contributed by atoms with Gasteiger partial charge in [0.2, 0.25) is 16.9 Å². The predicted octanol–water partition coefficient (Wildman–Crippen LogP) is 4.90. The first-order valence-corrected chi connectivity index (χ1v) is 11.7. The smallest absolute Gasteiger partial charge is 0.259 e. The molecule has 0 aliphatic carbocycles. The molecule has 1 heterocycles. The van der Waals surface area contributed by atoms with E-state index in [2.05, 4.69) is 42.1 Å². The van der Waals surface area contributed by atoms with Crippen molar-refractivity contribution in [1.29, 1.82) is 0 Å². The van der Waals surface area contributed by atoms with Crippen molar-refractivity contribution in [1.82, 2.24) is 10.2 Å². The maximum Gasteiger partial charge on any atom is 0.259 e. The standard InChI is InChI=1S/C19H15BrClN5O3S2/c1-10(27)22-12-3-5-13(6-4-12)23-16(28)9-30-19-26-25-18(31-19)24-17(29)14-8-11(20)2-7-15(14)21/h2-8H,9H2,1H3,(H,22,27)(H,23,28)(H,24,25,29). The summed E-state index contributed by atoms with van der Waals surface area (Å²) in [5, 5.41) is 16.6. The van der Waals surface area contributed by atoms with Crippen molar-refractivity contribution in [2.45, 2.75) is 11.3 Å². The Labute approximate surface area is 199 Å². The average molecular weight is 541 g/mol. The van der Waals surface area contributed by atoms with E-state index in [1.165, 1.54) is 18.7 Å². The third-order valence-electron chi connectivity index (χ3n) is 3.62. The second kappa shape index (κ2) is 10.7. The number of carbonyl (C=O) groups excluding carboxylic acids is 3. The van der Waals surface area contributed by atoms with E-state index in [0.29, 0.717) is 31.4 Å². The van der Waals surface area contributed by atoms with E-state index in [4.69, 9.17) is 11.6 Å². The van der Waals surface area contributed by atoms with Gasteiger partial charge >= 0.3 is 0 Å². The molecule has 0 unspecified atom stereocenters. The average Bonchev–Trinajstić information content (AvgIpc) is 3.16. The molecule has 0 saturated carbocycles. The SMILES string of the molecule is CC(=O)Nc1ccc(NC(=O)CSc2nnc(NC(=O)c3cc(Br)ccc3Cl)s2)cc1. The zero-order chi connectivity index (χ0) is 22.4.